The van der Waals surface area contributed by atoms with Crippen LogP contribution in [0.15, 0.2) is 11.9 Å². The maximum absolute atomic E-state index is 12.7. The molecule has 3 nitrogen and oxygen atoms in total. The largest absolute Gasteiger partial charge is 0.461 e. The van der Waals surface area contributed by atoms with E-state index in [4.69, 9.17) is 0 Å². The second-order valence-corrected chi connectivity index (χ2v) is 2.53. The Hall–Kier alpha value is -0.900. The molecule has 4 heteroatoms. The average molecular weight is 175 g/mol. The Kier molecular flexibility index (Phi) is 5.28. The van der Waals surface area contributed by atoms with Crippen LogP contribution in [0.3, 0.4) is 0 Å². The molecule has 0 radical (unpaired) electrons. The number of nitrogens with zero attached hydrogens (tertiary/aromatic N) is 1. The molecule has 0 aromatic rings. The zero-order valence-electron chi connectivity index (χ0n) is 7.63. The molecule has 0 aromatic heterocycles. The van der Waals surface area contributed by atoms with Crippen LogP contribution in [-0.2, 0) is 9.53 Å². The van der Waals surface area contributed by atoms with Gasteiger partial charge in [-0.1, -0.05) is 0 Å². The zero-order valence-corrected chi connectivity index (χ0v) is 7.63. The van der Waals surface area contributed by atoms with Crippen molar-refractivity contribution in [2.75, 3.05) is 27.2 Å². The third kappa shape index (κ3) is 4.85. The van der Waals surface area contributed by atoms with E-state index in [1.807, 2.05) is 0 Å². The van der Waals surface area contributed by atoms with Gasteiger partial charge >= 0.3 is 5.97 Å². The average Bonchev–Trinajstić information content (AvgIpc) is 2.00. The molecule has 0 amide bonds. The lowest BCUT2D eigenvalue weighted by Gasteiger charge is -2.04. The highest BCUT2D eigenvalue weighted by atomic mass is 19.1. The minimum absolute atomic E-state index is 0.196. The molecule has 0 aliphatic rings. The SMILES string of the molecule is CCOC(=O)/C(F)=C/CN(C)C. The predicted octanol–water partition coefficient (Wildman–Crippen LogP) is 0.965. The van der Waals surface area contributed by atoms with Crippen LogP contribution < -0.4 is 0 Å². The third-order valence-corrected chi connectivity index (χ3v) is 1.11. The van der Waals surface area contributed by atoms with Crippen molar-refractivity contribution in [2.24, 2.45) is 0 Å². The molecular weight excluding hydrogens is 161 g/mol. The molecule has 0 aliphatic heterocycles. The number of likely N-dealkylation sites (N-methyl/N-ethyl adjacent to an activating group) is 1. The summed E-state index contributed by atoms with van der Waals surface area (Å²) in [5.74, 6) is -1.72. The highest BCUT2D eigenvalue weighted by Gasteiger charge is 2.07. The number of carbonyl (C=O) groups excluding carboxylic acids is 1. The smallest absolute Gasteiger partial charge is 0.366 e. The van der Waals surface area contributed by atoms with Crippen molar-refractivity contribution < 1.29 is 13.9 Å². The van der Waals surface area contributed by atoms with Gasteiger partial charge in [-0.15, -0.1) is 0 Å². The molecule has 0 bridgehead atoms. The van der Waals surface area contributed by atoms with Gasteiger partial charge in [0.15, 0.2) is 0 Å². The molecule has 0 aliphatic carbocycles. The zero-order chi connectivity index (χ0) is 9.56. The van der Waals surface area contributed by atoms with Crippen molar-refractivity contribution >= 4 is 5.97 Å². The Bertz CT molecular complexity index is 178. The molecule has 0 atom stereocenters. The van der Waals surface area contributed by atoms with Gasteiger partial charge in [-0.3, -0.25) is 0 Å². The highest BCUT2D eigenvalue weighted by molar-refractivity contribution is 5.85. The van der Waals surface area contributed by atoms with Gasteiger partial charge in [0.25, 0.3) is 0 Å². The van der Waals surface area contributed by atoms with Crippen molar-refractivity contribution in [3.05, 3.63) is 11.9 Å². The molecular formula is C8H14FNO2. The second kappa shape index (κ2) is 5.71. The van der Waals surface area contributed by atoms with Crippen molar-refractivity contribution in [1.29, 1.82) is 0 Å². The predicted molar refractivity (Wildman–Crippen MR) is 44.4 cm³/mol. The summed E-state index contributed by atoms with van der Waals surface area (Å²) in [4.78, 5) is 12.4. The first-order valence-corrected chi connectivity index (χ1v) is 3.75. The van der Waals surface area contributed by atoms with Gasteiger partial charge in [-0.25, -0.2) is 4.79 Å². The van der Waals surface area contributed by atoms with E-state index in [-0.39, 0.29) is 6.61 Å². The van der Waals surface area contributed by atoms with E-state index >= 15 is 0 Å². The first-order valence-electron chi connectivity index (χ1n) is 3.75. The maximum Gasteiger partial charge on any atom is 0.366 e. The van der Waals surface area contributed by atoms with E-state index in [0.717, 1.165) is 0 Å². The van der Waals surface area contributed by atoms with Crippen LogP contribution in [0, 0.1) is 0 Å². The number of hydrogen-bond donors (Lipinski definition) is 0. The summed E-state index contributed by atoms with van der Waals surface area (Å²) in [6.07, 6.45) is 1.19. The molecule has 0 heterocycles. The summed E-state index contributed by atoms with van der Waals surface area (Å²) < 4.78 is 17.1. The van der Waals surface area contributed by atoms with E-state index < -0.39 is 11.8 Å². The fourth-order valence-electron chi connectivity index (χ4n) is 0.546. The highest BCUT2D eigenvalue weighted by Crippen LogP contribution is 1.99. The normalized spacial score (nSPS) is 11.9. The molecule has 12 heavy (non-hydrogen) atoms. The van der Waals surface area contributed by atoms with Crippen LogP contribution >= 0.6 is 0 Å². The van der Waals surface area contributed by atoms with Crippen LogP contribution in [-0.4, -0.2) is 38.1 Å². The van der Waals surface area contributed by atoms with E-state index in [0.29, 0.717) is 6.54 Å². The molecule has 0 saturated carbocycles. The number of halogens is 1. The van der Waals surface area contributed by atoms with Gasteiger partial charge < -0.3 is 9.64 Å². The lowest BCUT2D eigenvalue weighted by atomic mass is 10.4. The molecule has 70 valence electrons. The Morgan fingerprint density at radius 3 is 2.58 bits per heavy atom. The Morgan fingerprint density at radius 1 is 1.58 bits per heavy atom. The molecule has 0 rings (SSSR count). The van der Waals surface area contributed by atoms with Gasteiger partial charge in [0.05, 0.1) is 6.61 Å². The minimum Gasteiger partial charge on any atom is -0.461 e. The quantitative estimate of drug-likeness (QED) is 0.471. The standard InChI is InChI=1S/C8H14FNO2/c1-4-12-8(11)7(9)5-6-10(2)3/h5H,4,6H2,1-3H3/b7-5-. The van der Waals surface area contributed by atoms with Crippen LogP contribution in [0.5, 0.6) is 0 Å². The van der Waals surface area contributed by atoms with Crippen LogP contribution in [0.2, 0.25) is 0 Å². The summed E-state index contributed by atoms with van der Waals surface area (Å²) >= 11 is 0. The first-order chi connectivity index (χ1) is 5.57. The van der Waals surface area contributed by atoms with Crippen molar-refractivity contribution in [2.45, 2.75) is 6.92 Å². The van der Waals surface area contributed by atoms with Crippen LogP contribution in [0.1, 0.15) is 6.92 Å². The van der Waals surface area contributed by atoms with Gasteiger partial charge in [0.2, 0.25) is 5.83 Å². The molecule has 0 saturated heterocycles. The Balaban J connectivity index is 3.90. The lowest BCUT2D eigenvalue weighted by Crippen LogP contribution is -2.13. The fourth-order valence-corrected chi connectivity index (χ4v) is 0.546. The topological polar surface area (TPSA) is 29.5 Å². The number of carbonyl (C=O) groups is 1. The first kappa shape index (κ1) is 11.1. The molecule has 0 unspecified atom stereocenters. The lowest BCUT2D eigenvalue weighted by molar-refractivity contribution is -0.140. The van der Waals surface area contributed by atoms with Gasteiger partial charge in [-0.05, 0) is 27.1 Å². The van der Waals surface area contributed by atoms with E-state index in [9.17, 15) is 9.18 Å². The number of esters is 1. The second-order valence-electron chi connectivity index (χ2n) is 2.53. The molecule has 0 aromatic carbocycles. The Morgan fingerprint density at radius 2 is 2.17 bits per heavy atom. The van der Waals surface area contributed by atoms with Crippen molar-refractivity contribution in [3.8, 4) is 0 Å². The van der Waals surface area contributed by atoms with Crippen molar-refractivity contribution in [1.82, 2.24) is 4.90 Å². The summed E-state index contributed by atoms with van der Waals surface area (Å²) in [5.41, 5.74) is 0. The number of rotatable bonds is 4. The fraction of sp³-hybridized carbons (Fsp3) is 0.625. The van der Waals surface area contributed by atoms with Crippen LogP contribution in [0.4, 0.5) is 4.39 Å². The van der Waals surface area contributed by atoms with Gasteiger partial charge in [-0.2, -0.15) is 4.39 Å². The summed E-state index contributed by atoms with van der Waals surface area (Å²) in [6, 6.07) is 0. The molecule has 0 N–H and O–H groups in total. The van der Waals surface area contributed by atoms with Gasteiger partial charge in [0, 0.05) is 6.54 Å². The number of hydrogen-bond acceptors (Lipinski definition) is 3. The summed E-state index contributed by atoms with van der Waals surface area (Å²) in [7, 11) is 3.57. The third-order valence-electron chi connectivity index (χ3n) is 1.11. The Labute approximate surface area is 71.8 Å². The van der Waals surface area contributed by atoms with E-state index in [1.165, 1.54) is 6.08 Å². The van der Waals surface area contributed by atoms with Gasteiger partial charge in [0.1, 0.15) is 0 Å². The maximum atomic E-state index is 12.7. The monoisotopic (exact) mass is 175 g/mol. The summed E-state index contributed by atoms with van der Waals surface area (Å²) in [6.45, 7) is 2.23. The van der Waals surface area contributed by atoms with Crippen molar-refractivity contribution in [3.63, 3.8) is 0 Å². The number of ether oxygens (including phenoxy) is 1. The molecule has 0 spiro atoms. The minimum atomic E-state index is -0.889. The van der Waals surface area contributed by atoms with Crippen LogP contribution in [0.25, 0.3) is 0 Å². The molecule has 0 fully saturated rings. The van der Waals surface area contributed by atoms with E-state index in [1.54, 1.807) is 25.9 Å². The summed E-state index contributed by atoms with van der Waals surface area (Å²) in [5, 5.41) is 0. The van der Waals surface area contributed by atoms with E-state index in [2.05, 4.69) is 4.74 Å².